The van der Waals surface area contributed by atoms with Crippen LogP contribution in [0, 0.1) is 20.8 Å². The minimum Gasteiger partial charge on any atom is -0.483 e. The monoisotopic (exact) mass is 420 g/mol. The van der Waals surface area contributed by atoms with Crippen LogP contribution >= 0.6 is 11.3 Å². The lowest BCUT2D eigenvalue weighted by atomic mass is 10.2. The minimum atomic E-state index is -0.126. The first kappa shape index (κ1) is 20.1. The third-order valence-corrected chi connectivity index (χ3v) is 5.96. The van der Waals surface area contributed by atoms with Gasteiger partial charge in [0.15, 0.2) is 11.7 Å². The molecular formula is C23H24N4O2S. The molecule has 0 N–H and O–H groups in total. The Kier molecular flexibility index (Phi) is 5.81. The number of rotatable bonds is 7. The molecule has 0 unspecified atom stereocenters. The molecule has 0 aliphatic rings. The third kappa shape index (κ3) is 4.36. The van der Waals surface area contributed by atoms with Crippen LogP contribution in [0.25, 0.3) is 10.2 Å². The first-order valence-corrected chi connectivity index (χ1v) is 10.7. The molecule has 2 heterocycles. The molecule has 0 saturated heterocycles. The number of hydrogen-bond donors (Lipinski definition) is 0. The Labute approximate surface area is 179 Å². The van der Waals surface area contributed by atoms with Gasteiger partial charge < -0.3 is 4.74 Å². The predicted molar refractivity (Wildman–Crippen MR) is 120 cm³/mol. The molecule has 30 heavy (non-hydrogen) atoms. The first-order valence-electron chi connectivity index (χ1n) is 9.86. The van der Waals surface area contributed by atoms with Gasteiger partial charge in [-0.25, -0.2) is 4.98 Å². The van der Waals surface area contributed by atoms with Crippen molar-refractivity contribution in [3.05, 3.63) is 71.5 Å². The number of amides is 1. The summed E-state index contributed by atoms with van der Waals surface area (Å²) >= 11 is 1.51. The number of thiazole rings is 1. The number of nitrogens with zero attached hydrogens (tertiary/aromatic N) is 4. The molecule has 0 spiro atoms. The van der Waals surface area contributed by atoms with Crippen LogP contribution in [-0.4, -0.2) is 33.8 Å². The number of aryl methyl sites for hydroxylation is 3. The Morgan fingerprint density at radius 1 is 1.10 bits per heavy atom. The number of fused-ring (bicyclic) bond motifs is 1. The smallest absolute Gasteiger partial charge is 0.266 e. The average Bonchev–Trinajstić information content (AvgIpc) is 3.29. The minimum absolute atomic E-state index is 0.0438. The molecule has 4 rings (SSSR count). The highest BCUT2D eigenvalue weighted by molar-refractivity contribution is 7.22. The zero-order valence-corrected chi connectivity index (χ0v) is 18.1. The van der Waals surface area contributed by atoms with Gasteiger partial charge in [0.25, 0.3) is 5.91 Å². The van der Waals surface area contributed by atoms with Crippen LogP contribution < -0.4 is 9.64 Å². The highest BCUT2D eigenvalue weighted by Crippen LogP contribution is 2.29. The Balaban J connectivity index is 1.56. The van der Waals surface area contributed by atoms with Crippen LogP contribution in [0.4, 0.5) is 5.13 Å². The van der Waals surface area contributed by atoms with E-state index in [1.807, 2.05) is 80.1 Å². The van der Waals surface area contributed by atoms with Gasteiger partial charge in [-0.1, -0.05) is 41.7 Å². The SMILES string of the molecule is Cc1cc(C)n(CCN(C(=O)COc2ccccc2C)c2nc3ccccc3s2)n1. The number of ether oxygens (including phenoxy) is 1. The van der Waals surface area contributed by atoms with Gasteiger partial charge in [0.05, 0.1) is 22.5 Å². The summed E-state index contributed by atoms with van der Waals surface area (Å²) in [6.07, 6.45) is 0. The van der Waals surface area contributed by atoms with Crippen LogP contribution in [0.15, 0.2) is 54.6 Å². The Morgan fingerprint density at radius 3 is 2.60 bits per heavy atom. The molecule has 4 aromatic rings. The van der Waals surface area contributed by atoms with Crippen molar-refractivity contribution in [2.75, 3.05) is 18.1 Å². The van der Waals surface area contributed by atoms with E-state index in [2.05, 4.69) is 10.1 Å². The topological polar surface area (TPSA) is 60.2 Å². The normalized spacial score (nSPS) is 11.0. The summed E-state index contributed by atoms with van der Waals surface area (Å²) in [6.45, 7) is 6.97. The largest absolute Gasteiger partial charge is 0.483 e. The van der Waals surface area contributed by atoms with Gasteiger partial charge in [-0.2, -0.15) is 5.10 Å². The van der Waals surface area contributed by atoms with E-state index in [-0.39, 0.29) is 12.5 Å². The van der Waals surface area contributed by atoms with Crippen molar-refractivity contribution >= 4 is 32.6 Å². The molecule has 0 aliphatic carbocycles. The maximum Gasteiger partial charge on any atom is 0.266 e. The van der Waals surface area contributed by atoms with E-state index in [1.54, 1.807) is 4.90 Å². The van der Waals surface area contributed by atoms with Crippen LogP contribution in [-0.2, 0) is 11.3 Å². The van der Waals surface area contributed by atoms with Crippen molar-refractivity contribution in [1.82, 2.24) is 14.8 Å². The predicted octanol–water partition coefficient (Wildman–Crippen LogP) is 4.53. The average molecular weight is 421 g/mol. The van der Waals surface area contributed by atoms with E-state index in [0.29, 0.717) is 24.0 Å². The molecular weight excluding hydrogens is 396 g/mol. The standard InChI is InChI=1S/C23H24N4O2S/c1-16-8-4-6-10-20(16)29-15-22(28)26(12-13-27-18(3)14-17(2)25-27)23-24-19-9-5-7-11-21(19)30-23/h4-11,14H,12-13,15H2,1-3H3. The summed E-state index contributed by atoms with van der Waals surface area (Å²) in [7, 11) is 0. The second kappa shape index (κ2) is 8.67. The summed E-state index contributed by atoms with van der Waals surface area (Å²) in [5, 5.41) is 5.19. The lowest BCUT2D eigenvalue weighted by Crippen LogP contribution is -2.37. The molecule has 7 heteroatoms. The number of benzene rings is 2. The first-order chi connectivity index (χ1) is 14.5. The molecule has 2 aromatic heterocycles. The summed E-state index contributed by atoms with van der Waals surface area (Å²) < 4.78 is 8.79. The van der Waals surface area contributed by atoms with Crippen molar-refractivity contribution < 1.29 is 9.53 Å². The summed E-state index contributed by atoms with van der Waals surface area (Å²) in [5.41, 5.74) is 3.93. The number of para-hydroxylation sites is 2. The molecule has 0 fully saturated rings. The van der Waals surface area contributed by atoms with Crippen LogP contribution in [0.2, 0.25) is 0 Å². The van der Waals surface area contributed by atoms with E-state index in [1.165, 1.54) is 11.3 Å². The number of aromatic nitrogens is 3. The highest BCUT2D eigenvalue weighted by Gasteiger charge is 2.21. The number of hydrogen-bond acceptors (Lipinski definition) is 5. The van der Waals surface area contributed by atoms with Gasteiger partial charge in [0, 0.05) is 12.2 Å². The fourth-order valence-electron chi connectivity index (χ4n) is 3.33. The Morgan fingerprint density at radius 2 is 1.87 bits per heavy atom. The highest BCUT2D eigenvalue weighted by atomic mass is 32.1. The fraction of sp³-hybridized carbons (Fsp3) is 0.261. The van der Waals surface area contributed by atoms with Gasteiger partial charge in [-0.05, 0) is 50.6 Å². The fourth-order valence-corrected chi connectivity index (χ4v) is 4.34. The van der Waals surface area contributed by atoms with Gasteiger partial charge in [-0.3, -0.25) is 14.4 Å². The number of carbonyl (C=O) groups excluding carboxylic acids is 1. The van der Waals surface area contributed by atoms with Crippen molar-refractivity contribution in [3.63, 3.8) is 0 Å². The van der Waals surface area contributed by atoms with Gasteiger partial charge in [0.1, 0.15) is 5.75 Å². The van der Waals surface area contributed by atoms with Crippen LogP contribution in [0.5, 0.6) is 5.75 Å². The quantitative estimate of drug-likeness (QED) is 0.441. The summed E-state index contributed by atoms with van der Waals surface area (Å²) in [6, 6.07) is 17.6. The van der Waals surface area contributed by atoms with Crippen molar-refractivity contribution in [3.8, 4) is 5.75 Å². The second-order valence-electron chi connectivity index (χ2n) is 7.21. The Bertz CT molecular complexity index is 1150. The zero-order chi connectivity index (χ0) is 21.1. The zero-order valence-electron chi connectivity index (χ0n) is 17.3. The molecule has 1 amide bonds. The molecule has 0 radical (unpaired) electrons. The third-order valence-electron chi connectivity index (χ3n) is 4.90. The van der Waals surface area contributed by atoms with Gasteiger partial charge >= 0.3 is 0 Å². The van der Waals surface area contributed by atoms with E-state index in [0.717, 1.165) is 27.2 Å². The molecule has 2 aromatic carbocycles. The maximum atomic E-state index is 13.2. The van der Waals surface area contributed by atoms with E-state index in [4.69, 9.17) is 4.74 Å². The van der Waals surface area contributed by atoms with Crippen molar-refractivity contribution in [2.24, 2.45) is 0 Å². The maximum absolute atomic E-state index is 13.2. The van der Waals surface area contributed by atoms with Gasteiger partial charge in [0.2, 0.25) is 0 Å². The molecule has 154 valence electrons. The summed E-state index contributed by atoms with van der Waals surface area (Å²) in [4.78, 5) is 19.5. The van der Waals surface area contributed by atoms with Crippen LogP contribution in [0.1, 0.15) is 17.0 Å². The molecule has 0 atom stereocenters. The van der Waals surface area contributed by atoms with E-state index < -0.39 is 0 Å². The number of carbonyl (C=O) groups is 1. The van der Waals surface area contributed by atoms with E-state index >= 15 is 0 Å². The molecule has 0 bridgehead atoms. The van der Waals surface area contributed by atoms with Crippen molar-refractivity contribution in [1.29, 1.82) is 0 Å². The van der Waals surface area contributed by atoms with Crippen molar-refractivity contribution in [2.45, 2.75) is 27.3 Å². The molecule has 0 saturated carbocycles. The lowest BCUT2D eigenvalue weighted by Gasteiger charge is -2.20. The lowest BCUT2D eigenvalue weighted by molar-refractivity contribution is -0.120. The Hall–Kier alpha value is -3.19. The molecule has 6 nitrogen and oxygen atoms in total. The summed E-state index contributed by atoms with van der Waals surface area (Å²) in [5.74, 6) is 0.590. The second-order valence-corrected chi connectivity index (χ2v) is 8.22. The van der Waals surface area contributed by atoms with Gasteiger partial charge in [-0.15, -0.1) is 0 Å². The number of anilines is 1. The molecule has 0 aliphatic heterocycles. The van der Waals surface area contributed by atoms with E-state index in [9.17, 15) is 4.79 Å². The van der Waals surface area contributed by atoms with Crippen LogP contribution in [0.3, 0.4) is 0 Å².